The van der Waals surface area contributed by atoms with Crippen molar-refractivity contribution in [2.24, 2.45) is 0 Å². The smallest absolute Gasteiger partial charge is 0.0512 e. The Morgan fingerprint density at radius 1 is 0.714 bits per heavy atom. The zero-order chi connectivity index (χ0) is 14.9. The number of aryl methyl sites for hydroxylation is 4. The average molecular weight is 362 g/mol. The van der Waals surface area contributed by atoms with Gasteiger partial charge in [-0.15, -0.1) is 0 Å². The molecule has 0 heterocycles. The number of hydrogen-bond donors (Lipinski definition) is 0. The van der Waals surface area contributed by atoms with Crippen molar-refractivity contribution in [2.45, 2.75) is 51.4 Å². The molecule has 2 nitrogen and oxygen atoms in total. The monoisotopic (exact) mass is 360 g/mol. The van der Waals surface area contributed by atoms with Crippen LogP contribution in [-0.4, -0.2) is 0 Å². The van der Waals surface area contributed by atoms with Gasteiger partial charge in [0.05, 0.1) is 0 Å². The van der Waals surface area contributed by atoms with Gasteiger partial charge in [-0.05, 0) is 0 Å². The predicted molar refractivity (Wildman–Crippen MR) is 78.7 cm³/mol. The van der Waals surface area contributed by atoms with E-state index in [9.17, 15) is 0 Å². The van der Waals surface area contributed by atoms with E-state index in [1.165, 1.54) is 51.4 Å². The van der Waals surface area contributed by atoms with Crippen LogP contribution in [0, 0.1) is 0 Å². The SMILES string of the molecule is [O]=[Zr]=[O].c1cc2c([cH-]1)CCCC2.c1cc2c([cH-]1)CCCC2. The molecule has 0 saturated heterocycles. The third kappa shape index (κ3) is 5.14. The first-order valence-corrected chi connectivity index (χ1v) is 9.82. The molecule has 2 aliphatic rings. The van der Waals surface area contributed by atoms with Gasteiger partial charge in [-0.2, -0.15) is 46.5 Å². The molecule has 0 bridgehead atoms. The standard InChI is InChI=1S/2C9H11.2O.Zr/c2*1-2-5-9-7-3-6-8(9)4-1;;;/h2*3,6-7H,1-2,4-5H2;;;/q2*-1;;;. The van der Waals surface area contributed by atoms with Gasteiger partial charge in [-0.1, -0.05) is 51.4 Å². The largest absolute Gasteiger partial charge is 0.210 e. The van der Waals surface area contributed by atoms with Gasteiger partial charge in [-0.25, -0.2) is 12.1 Å². The molecule has 0 aliphatic heterocycles. The van der Waals surface area contributed by atoms with Crippen molar-refractivity contribution in [2.75, 3.05) is 0 Å². The Balaban J connectivity index is 0.000000130. The summed E-state index contributed by atoms with van der Waals surface area (Å²) in [6, 6.07) is 13.4. The summed E-state index contributed by atoms with van der Waals surface area (Å²) in [5, 5.41) is 0. The van der Waals surface area contributed by atoms with E-state index in [1.54, 1.807) is 22.3 Å². The van der Waals surface area contributed by atoms with Gasteiger partial charge < -0.3 is 0 Å². The fraction of sp³-hybridized carbons (Fsp3) is 0.444. The summed E-state index contributed by atoms with van der Waals surface area (Å²) < 4.78 is 17.1. The van der Waals surface area contributed by atoms with Crippen molar-refractivity contribution in [3.63, 3.8) is 0 Å². The topological polar surface area (TPSA) is 34.1 Å². The van der Waals surface area contributed by atoms with Gasteiger partial charge in [0.15, 0.2) is 0 Å². The molecule has 0 amide bonds. The molecule has 4 rings (SSSR count). The van der Waals surface area contributed by atoms with E-state index < -0.39 is 23.2 Å². The Labute approximate surface area is 138 Å². The molecule has 0 radical (unpaired) electrons. The van der Waals surface area contributed by atoms with Gasteiger partial charge in [0, 0.05) is 0 Å². The first kappa shape index (κ1) is 16.6. The summed E-state index contributed by atoms with van der Waals surface area (Å²) in [7, 11) is 0. The second kappa shape index (κ2) is 9.25. The Kier molecular flexibility index (Phi) is 7.29. The van der Waals surface area contributed by atoms with Crippen LogP contribution < -0.4 is 0 Å². The summed E-state index contributed by atoms with van der Waals surface area (Å²) >= 11 is -2.27. The molecular formula is C18H22O2Zr-2. The molecule has 112 valence electrons. The van der Waals surface area contributed by atoms with Crippen molar-refractivity contribution in [1.29, 1.82) is 0 Å². The van der Waals surface area contributed by atoms with Gasteiger partial charge in [-0.3, -0.25) is 0 Å². The van der Waals surface area contributed by atoms with Gasteiger partial charge in [0.2, 0.25) is 0 Å². The first-order valence-electron chi connectivity index (χ1n) is 7.81. The molecular weight excluding hydrogens is 339 g/mol. The van der Waals surface area contributed by atoms with E-state index in [0.29, 0.717) is 0 Å². The van der Waals surface area contributed by atoms with Crippen molar-refractivity contribution in [3.8, 4) is 0 Å². The molecule has 0 aromatic heterocycles. The molecule has 2 aliphatic carbocycles. The van der Waals surface area contributed by atoms with Crippen LogP contribution in [0.3, 0.4) is 0 Å². The van der Waals surface area contributed by atoms with E-state index in [-0.39, 0.29) is 0 Å². The van der Waals surface area contributed by atoms with Crippen LogP contribution in [0.5, 0.6) is 0 Å². The second-order valence-electron chi connectivity index (χ2n) is 5.65. The fourth-order valence-corrected chi connectivity index (χ4v) is 3.23. The third-order valence-corrected chi connectivity index (χ3v) is 4.30. The van der Waals surface area contributed by atoms with Crippen LogP contribution >= 0.6 is 0 Å². The van der Waals surface area contributed by atoms with E-state index >= 15 is 0 Å². The maximum Gasteiger partial charge on any atom is -0.0512 e. The normalized spacial score (nSPS) is 15.2. The maximum atomic E-state index is 8.54. The maximum absolute atomic E-state index is 8.54. The number of hydrogen-bond acceptors (Lipinski definition) is 2. The Morgan fingerprint density at radius 2 is 1.10 bits per heavy atom. The van der Waals surface area contributed by atoms with Crippen LogP contribution in [0.2, 0.25) is 0 Å². The van der Waals surface area contributed by atoms with Gasteiger partial charge >= 0.3 is 28.9 Å². The minimum atomic E-state index is -2.27. The van der Waals surface area contributed by atoms with E-state index in [2.05, 4.69) is 36.4 Å². The Hall–Kier alpha value is -0.817. The zero-order valence-corrected chi connectivity index (χ0v) is 14.9. The molecule has 2 aromatic rings. The van der Waals surface area contributed by atoms with Gasteiger partial charge in [0.1, 0.15) is 0 Å². The summed E-state index contributed by atoms with van der Waals surface area (Å²) in [6.45, 7) is 0. The van der Waals surface area contributed by atoms with Crippen LogP contribution in [0.4, 0.5) is 0 Å². The van der Waals surface area contributed by atoms with Crippen molar-refractivity contribution < 1.29 is 28.9 Å². The number of fused-ring (bicyclic) bond motifs is 2. The van der Waals surface area contributed by atoms with Crippen LogP contribution in [0.1, 0.15) is 47.9 Å². The summed E-state index contributed by atoms with van der Waals surface area (Å²) in [4.78, 5) is 0. The third-order valence-electron chi connectivity index (χ3n) is 4.30. The van der Waals surface area contributed by atoms with Crippen molar-refractivity contribution in [3.05, 3.63) is 58.7 Å². The molecule has 3 heteroatoms. The molecule has 0 spiro atoms. The quantitative estimate of drug-likeness (QED) is 0.655. The Bertz CT molecular complexity index is 486. The fourth-order valence-electron chi connectivity index (χ4n) is 3.23. The minimum absolute atomic E-state index is 1.32. The molecule has 0 atom stereocenters. The molecule has 0 saturated carbocycles. The summed E-state index contributed by atoms with van der Waals surface area (Å²) in [5.74, 6) is 0. The van der Waals surface area contributed by atoms with Gasteiger partial charge in [0.25, 0.3) is 0 Å². The first-order chi connectivity index (χ1) is 10.3. The molecule has 0 unspecified atom stereocenters. The zero-order valence-electron chi connectivity index (χ0n) is 12.4. The predicted octanol–water partition coefficient (Wildman–Crippen LogP) is 4.33. The average Bonchev–Trinajstić information content (AvgIpc) is 3.17. The van der Waals surface area contributed by atoms with E-state index in [1.807, 2.05) is 0 Å². The molecule has 21 heavy (non-hydrogen) atoms. The van der Waals surface area contributed by atoms with E-state index in [0.717, 1.165) is 0 Å². The van der Waals surface area contributed by atoms with Crippen LogP contribution in [0.25, 0.3) is 0 Å². The summed E-state index contributed by atoms with van der Waals surface area (Å²) in [5.41, 5.74) is 6.39. The summed E-state index contributed by atoms with van der Waals surface area (Å²) in [6.07, 6.45) is 10.9. The van der Waals surface area contributed by atoms with Crippen LogP contribution in [0.15, 0.2) is 36.4 Å². The molecule has 2 aromatic carbocycles. The second-order valence-corrected chi connectivity index (χ2v) is 6.06. The Morgan fingerprint density at radius 3 is 1.48 bits per heavy atom. The van der Waals surface area contributed by atoms with E-state index in [4.69, 9.17) is 5.63 Å². The number of rotatable bonds is 0. The van der Waals surface area contributed by atoms with Crippen molar-refractivity contribution >= 4 is 0 Å². The van der Waals surface area contributed by atoms with Crippen molar-refractivity contribution in [1.82, 2.24) is 0 Å². The minimum Gasteiger partial charge on any atom is -0.210 e. The van der Waals surface area contributed by atoms with Crippen LogP contribution in [-0.2, 0) is 54.6 Å². The molecule has 0 fully saturated rings. The molecule has 0 N–H and O–H groups in total.